The van der Waals surface area contributed by atoms with Crippen molar-refractivity contribution in [2.75, 3.05) is 11.1 Å². The molecule has 1 aromatic rings. The van der Waals surface area contributed by atoms with Crippen molar-refractivity contribution in [3.8, 4) is 0 Å². The first kappa shape index (κ1) is 15.5. The lowest BCUT2D eigenvalue weighted by molar-refractivity contribution is -0.137. The maximum Gasteiger partial charge on any atom is 0.418 e. The number of hydrogen-bond acceptors (Lipinski definition) is 2. The molecule has 0 saturated heterocycles. The van der Waals surface area contributed by atoms with Gasteiger partial charge in [-0.2, -0.15) is 26.3 Å². The summed E-state index contributed by atoms with van der Waals surface area (Å²) in [5.74, 6) is 0. The number of nitrogens with one attached hydrogen (secondary N) is 1. The molecule has 0 saturated carbocycles. The minimum atomic E-state index is -4.64. The van der Waals surface area contributed by atoms with Gasteiger partial charge in [-0.1, -0.05) is 0 Å². The highest BCUT2D eigenvalue weighted by Crippen LogP contribution is 2.35. The van der Waals surface area contributed by atoms with Crippen LogP contribution in [0, 0.1) is 0 Å². The van der Waals surface area contributed by atoms with Gasteiger partial charge in [0.05, 0.1) is 12.0 Å². The van der Waals surface area contributed by atoms with E-state index in [1.165, 1.54) is 13.0 Å². The fraction of sp³-hybridized carbons (Fsp3) is 0.455. The van der Waals surface area contributed by atoms with Gasteiger partial charge in [0, 0.05) is 17.4 Å². The molecule has 1 aromatic carbocycles. The third-order valence-electron chi connectivity index (χ3n) is 2.31. The molecule has 1 rings (SSSR count). The first-order valence-corrected chi connectivity index (χ1v) is 5.29. The van der Waals surface area contributed by atoms with Crippen molar-refractivity contribution in [1.82, 2.24) is 0 Å². The molecule has 0 aliphatic rings. The zero-order chi connectivity index (χ0) is 14.8. The average Bonchev–Trinajstić information content (AvgIpc) is 2.16. The quantitative estimate of drug-likeness (QED) is 0.650. The van der Waals surface area contributed by atoms with Gasteiger partial charge in [-0.05, 0) is 25.1 Å². The van der Waals surface area contributed by atoms with Crippen LogP contribution < -0.4 is 11.1 Å². The third-order valence-corrected chi connectivity index (χ3v) is 2.31. The van der Waals surface area contributed by atoms with Gasteiger partial charge < -0.3 is 11.1 Å². The Balaban J connectivity index is 2.86. The van der Waals surface area contributed by atoms with Gasteiger partial charge >= 0.3 is 12.4 Å². The summed E-state index contributed by atoms with van der Waals surface area (Å²) in [5.41, 5.74) is 3.58. The van der Waals surface area contributed by atoms with Crippen molar-refractivity contribution < 1.29 is 26.3 Å². The van der Waals surface area contributed by atoms with Crippen LogP contribution in [0.15, 0.2) is 18.2 Å². The van der Waals surface area contributed by atoms with Crippen molar-refractivity contribution >= 4 is 11.4 Å². The summed E-state index contributed by atoms with van der Waals surface area (Å²) in [6, 6.07) is 1.87. The minimum Gasteiger partial charge on any atom is -0.398 e. The van der Waals surface area contributed by atoms with Gasteiger partial charge in [0.25, 0.3) is 0 Å². The van der Waals surface area contributed by atoms with E-state index in [9.17, 15) is 26.3 Å². The predicted molar refractivity (Wildman–Crippen MR) is 59.6 cm³/mol. The smallest absolute Gasteiger partial charge is 0.398 e. The van der Waals surface area contributed by atoms with Crippen LogP contribution in [0.1, 0.15) is 18.9 Å². The van der Waals surface area contributed by atoms with E-state index in [-0.39, 0.29) is 5.69 Å². The number of hydrogen-bond donors (Lipinski definition) is 2. The lowest BCUT2D eigenvalue weighted by Gasteiger charge is -2.18. The van der Waals surface area contributed by atoms with Gasteiger partial charge in [-0.15, -0.1) is 0 Å². The van der Waals surface area contributed by atoms with E-state index in [1.807, 2.05) is 0 Å². The van der Waals surface area contributed by atoms with Crippen molar-refractivity contribution in [2.24, 2.45) is 0 Å². The molecule has 2 nitrogen and oxygen atoms in total. The molecule has 0 radical (unpaired) electrons. The largest absolute Gasteiger partial charge is 0.418 e. The predicted octanol–water partition coefficient (Wildman–Crippen LogP) is 4.04. The molecule has 1 unspecified atom stereocenters. The summed E-state index contributed by atoms with van der Waals surface area (Å²) >= 11 is 0. The Morgan fingerprint density at radius 1 is 1.16 bits per heavy atom. The molecular weight excluding hydrogens is 274 g/mol. The van der Waals surface area contributed by atoms with Crippen molar-refractivity contribution in [1.29, 1.82) is 0 Å². The molecule has 0 amide bonds. The standard InChI is InChI=1S/C11H12F6N2/c1-6(5-10(12,13)14)19-7-2-3-9(18)8(4-7)11(15,16)17/h2-4,6,19H,5,18H2,1H3. The molecule has 0 aliphatic heterocycles. The molecular formula is C11H12F6N2. The van der Waals surface area contributed by atoms with Crippen molar-refractivity contribution in [3.05, 3.63) is 23.8 Å². The van der Waals surface area contributed by atoms with Crippen LogP contribution in [0.3, 0.4) is 0 Å². The number of nitrogens with two attached hydrogens (primary N) is 1. The van der Waals surface area contributed by atoms with E-state index >= 15 is 0 Å². The second-order valence-electron chi connectivity index (χ2n) is 4.16. The zero-order valence-electron chi connectivity index (χ0n) is 9.86. The second-order valence-corrected chi connectivity index (χ2v) is 4.16. The summed E-state index contributed by atoms with van der Waals surface area (Å²) < 4.78 is 74.0. The summed E-state index contributed by atoms with van der Waals surface area (Å²) in [5, 5.41) is 2.36. The fourth-order valence-electron chi connectivity index (χ4n) is 1.57. The Kier molecular flexibility index (Phi) is 4.21. The Bertz CT molecular complexity index is 438. The number of alkyl halides is 6. The normalized spacial score (nSPS) is 14.3. The Morgan fingerprint density at radius 3 is 2.21 bits per heavy atom. The molecule has 108 valence electrons. The van der Waals surface area contributed by atoms with Crippen molar-refractivity contribution in [3.63, 3.8) is 0 Å². The molecule has 8 heteroatoms. The van der Waals surface area contributed by atoms with Gasteiger partial charge in [0.2, 0.25) is 0 Å². The summed E-state index contributed by atoms with van der Waals surface area (Å²) in [6.07, 6.45) is -10.2. The first-order valence-electron chi connectivity index (χ1n) is 5.29. The molecule has 1 atom stereocenters. The summed E-state index contributed by atoms with van der Waals surface area (Å²) in [7, 11) is 0. The SMILES string of the molecule is CC(CC(F)(F)F)Nc1ccc(N)c(C(F)(F)F)c1. The average molecular weight is 286 g/mol. The highest BCUT2D eigenvalue weighted by molar-refractivity contribution is 5.58. The van der Waals surface area contributed by atoms with E-state index in [2.05, 4.69) is 5.32 Å². The molecule has 0 heterocycles. The summed E-state index contributed by atoms with van der Waals surface area (Å²) in [4.78, 5) is 0. The molecule has 0 spiro atoms. The maximum absolute atomic E-state index is 12.5. The highest BCUT2D eigenvalue weighted by Gasteiger charge is 2.34. The van der Waals surface area contributed by atoms with Crippen LogP contribution in [-0.2, 0) is 6.18 Å². The van der Waals surface area contributed by atoms with Crippen LogP contribution >= 0.6 is 0 Å². The Hall–Kier alpha value is -1.60. The molecule has 0 fully saturated rings. The van der Waals surface area contributed by atoms with E-state index in [0.717, 1.165) is 6.07 Å². The van der Waals surface area contributed by atoms with E-state index in [0.29, 0.717) is 6.07 Å². The number of nitrogen functional groups attached to an aromatic ring is 1. The van der Waals surface area contributed by atoms with Crippen LogP contribution in [-0.4, -0.2) is 12.2 Å². The maximum atomic E-state index is 12.5. The highest BCUT2D eigenvalue weighted by atomic mass is 19.4. The molecule has 0 bridgehead atoms. The van der Waals surface area contributed by atoms with Crippen LogP contribution in [0.25, 0.3) is 0 Å². The van der Waals surface area contributed by atoms with Gasteiger partial charge in [0.15, 0.2) is 0 Å². The third kappa shape index (κ3) is 4.88. The van der Waals surface area contributed by atoms with E-state index < -0.39 is 36.1 Å². The zero-order valence-corrected chi connectivity index (χ0v) is 9.86. The number of halogens is 6. The van der Waals surface area contributed by atoms with Gasteiger partial charge in [-0.25, -0.2) is 0 Å². The number of rotatable bonds is 3. The Morgan fingerprint density at radius 2 is 1.74 bits per heavy atom. The monoisotopic (exact) mass is 286 g/mol. The van der Waals surface area contributed by atoms with Crippen molar-refractivity contribution in [2.45, 2.75) is 31.7 Å². The number of benzene rings is 1. The molecule has 19 heavy (non-hydrogen) atoms. The molecule has 0 aromatic heterocycles. The van der Waals surface area contributed by atoms with Crippen LogP contribution in [0.2, 0.25) is 0 Å². The van der Waals surface area contributed by atoms with E-state index in [1.54, 1.807) is 0 Å². The van der Waals surface area contributed by atoms with Crippen LogP contribution in [0.5, 0.6) is 0 Å². The topological polar surface area (TPSA) is 38.0 Å². The summed E-state index contributed by atoms with van der Waals surface area (Å²) in [6.45, 7) is 1.23. The van der Waals surface area contributed by atoms with E-state index in [4.69, 9.17) is 5.73 Å². The van der Waals surface area contributed by atoms with Gasteiger partial charge in [-0.3, -0.25) is 0 Å². The lowest BCUT2D eigenvalue weighted by Crippen LogP contribution is -2.24. The molecule has 3 N–H and O–H groups in total. The van der Waals surface area contributed by atoms with Crippen LogP contribution in [0.4, 0.5) is 37.7 Å². The Labute approximate surface area is 105 Å². The second kappa shape index (κ2) is 5.18. The first-order chi connectivity index (χ1) is 8.49. The van der Waals surface area contributed by atoms with Gasteiger partial charge in [0.1, 0.15) is 0 Å². The minimum absolute atomic E-state index is 0.0572. The lowest BCUT2D eigenvalue weighted by atomic mass is 10.1. The fourth-order valence-corrected chi connectivity index (χ4v) is 1.57. The molecule has 0 aliphatic carbocycles. The number of anilines is 2.